The van der Waals surface area contributed by atoms with Gasteiger partial charge < -0.3 is 0 Å². The highest BCUT2D eigenvalue weighted by atomic mass is 16.2. The van der Waals surface area contributed by atoms with Gasteiger partial charge in [-0.1, -0.05) is 31.0 Å². The van der Waals surface area contributed by atoms with Crippen LogP contribution in [0.25, 0.3) is 0 Å². The number of amides is 1. The van der Waals surface area contributed by atoms with Gasteiger partial charge in [-0.25, -0.2) is 0 Å². The Morgan fingerprint density at radius 1 is 0.840 bits per heavy atom. The van der Waals surface area contributed by atoms with Gasteiger partial charge in [0, 0.05) is 26.2 Å². The lowest BCUT2D eigenvalue weighted by molar-refractivity contribution is -0.137. The van der Waals surface area contributed by atoms with Crippen molar-refractivity contribution in [1.29, 1.82) is 0 Å². The van der Waals surface area contributed by atoms with Crippen molar-refractivity contribution in [1.82, 2.24) is 9.80 Å². The Bertz CT molecular complexity index is 627. The third-order valence-electron chi connectivity index (χ3n) is 5.87. The molecule has 25 heavy (non-hydrogen) atoms. The first kappa shape index (κ1) is 16.7. The highest BCUT2D eigenvalue weighted by Gasteiger charge is 2.57. The van der Waals surface area contributed by atoms with Crippen LogP contribution in [0, 0.1) is 0 Å². The molecule has 0 N–H and O–H groups in total. The number of hydrogen-bond acceptors (Lipinski definition) is 4. The Kier molecular flexibility index (Phi) is 4.61. The molecule has 2 saturated heterocycles. The second-order valence-electron chi connectivity index (χ2n) is 7.41. The number of benzene rings is 1. The standard InChI is InChI=1S/C20H28N4O/c1-17-20(22-13-7-3-8-14-22,23-15-9-4-10-16-23)19(25)24(21-17)18-11-5-2-6-12-18/h2,5-6,11-12H,3-4,7-10,13-16H2,1H3. The van der Waals surface area contributed by atoms with Gasteiger partial charge in [0.1, 0.15) is 0 Å². The van der Waals surface area contributed by atoms with Crippen LogP contribution in [0.5, 0.6) is 0 Å². The fraction of sp³-hybridized carbons (Fsp3) is 0.600. The molecule has 3 heterocycles. The van der Waals surface area contributed by atoms with Crippen LogP contribution in [0.15, 0.2) is 35.4 Å². The fourth-order valence-corrected chi connectivity index (χ4v) is 4.67. The normalized spacial score (nSPS) is 25.2. The van der Waals surface area contributed by atoms with Crippen molar-refractivity contribution in [2.45, 2.75) is 51.1 Å². The van der Waals surface area contributed by atoms with Gasteiger partial charge in [-0.05, 0) is 44.7 Å². The molecule has 1 aromatic carbocycles. The summed E-state index contributed by atoms with van der Waals surface area (Å²) >= 11 is 0. The molecule has 3 aliphatic rings. The summed E-state index contributed by atoms with van der Waals surface area (Å²) in [4.78, 5) is 18.6. The van der Waals surface area contributed by atoms with Crippen molar-refractivity contribution in [3.8, 4) is 0 Å². The van der Waals surface area contributed by atoms with E-state index >= 15 is 0 Å². The number of likely N-dealkylation sites (tertiary alicyclic amines) is 2. The minimum absolute atomic E-state index is 0.111. The lowest BCUT2D eigenvalue weighted by Crippen LogP contribution is -2.70. The second kappa shape index (κ2) is 6.89. The summed E-state index contributed by atoms with van der Waals surface area (Å²) in [6.07, 6.45) is 7.20. The molecule has 0 saturated carbocycles. The van der Waals surface area contributed by atoms with Crippen LogP contribution in [-0.4, -0.2) is 53.3 Å². The molecule has 0 spiro atoms. The molecular formula is C20H28N4O. The average molecular weight is 340 g/mol. The SMILES string of the molecule is CC1=NN(c2ccccc2)C(=O)C1(N1CCCCC1)N1CCCCC1. The molecule has 2 fully saturated rings. The van der Waals surface area contributed by atoms with E-state index in [1.807, 2.05) is 37.3 Å². The van der Waals surface area contributed by atoms with Gasteiger partial charge in [-0.3, -0.25) is 14.6 Å². The van der Waals surface area contributed by atoms with E-state index in [1.54, 1.807) is 5.01 Å². The molecule has 0 radical (unpaired) electrons. The molecule has 3 aliphatic heterocycles. The summed E-state index contributed by atoms with van der Waals surface area (Å²) in [6, 6.07) is 9.85. The van der Waals surface area contributed by atoms with Gasteiger partial charge in [-0.15, -0.1) is 0 Å². The van der Waals surface area contributed by atoms with Crippen LogP contribution in [0.2, 0.25) is 0 Å². The lowest BCUT2D eigenvalue weighted by atomic mass is 9.93. The zero-order valence-electron chi connectivity index (χ0n) is 15.2. The average Bonchev–Trinajstić information content (AvgIpc) is 2.95. The monoisotopic (exact) mass is 340 g/mol. The Balaban J connectivity index is 1.75. The van der Waals surface area contributed by atoms with Gasteiger partial charge in [-0.2, -0.15) is 10.1 Å². The van der Waals surface area contributed by atoms with Crippen LogP contribution in [-0.2, 0) is 4.79 Å². The first-order valence-corrected chi connectivity index (χ1v) is 9.70. The van der Waals surface area contributed by atoms with Gasteiger partial charge in [0.05, 0.1) is 11.4 Å². The topological polar surface area (TPSA) is 39.2 Å². The zero-order chi connectivity index (χ0) is 17.3. The van der Waals surface area contributed by atoms with Gasteiger partial charge in [0.2, 0.25) is 0 Å². The molecule has 0 bridgehead atoms. The molecule has 0 unspecified atom stereocenters. The van der Waals surface area contributed by atoms with Gasteiger partial charge >= 0.3 is 0 Å². The third kappa shape index (κ3) is 2.70. The molecule has 0 atom stereocenters. The molecule has 134 valence electrons. The predicted octanol–water partition coefficient (Wildman–Crippen LogP) is 3.08. The summed E-state index contributed by atoms with van der Waals surface area (Å²) in [5.41, 5.74) is 1.13. The molecular weight excluding hydrogens is 312 g/mol. The summed E-state index contributed by atoms with van der Waals surface area (Å²) in [5.74, 6) is 0.111. The molecule has 1 amide bonds. The quantitative estimate of drug-likeness (QED) is 0.849. The van der Waals surface area contributed by atoms with Crippen molar-refractivity contribution in [2.75, 3.05) is 31.2 Å². The van der Waals surface area contributed by atoms with Gasteiger partial charge in [0.15, 0.2) is 5.66 Å². The van der Waals surface area contributed by atoms with Crippen molar-refractivity contribution < 1.29 is 4.79 Å². The number of hydrazone groups is 1. The van der Waals surface area contributed by atoms with E-state index in [4.69, 9.17) is 5.10 Å². The minimum atomic E-state index is -0.670. The first-order valence-electron chi connectivity index (χ1n) is 9.70. The summed E-state index contributed by atoms with van der Waals surface area (Å²) in [7, 11) is 0. The number of nitrogens with zero attached hydrogens (tertiary/aromatic N) is 4. The Hall–Kier alpha value is -1.72. The smallest absolute Gasteiger partial charge is 0.272 e. The second-order valence-corrected chi connectivity index (χ2v) is 7.41. The maximum Gasteiger partial charge on any atom is 0.289 e. The molecule has 1 aromatic rings. The number of carbonyl (C=O) groups is 1. The minimum Gasteiger partial charge on any atom is -0.272 e. The first-order chi connectivity index (χ1) is 12.2. The highest BCUT2D eigenvalue weighted by molar-refractivity contribution is 6.22. The number of hydrogen-bond donors (Lipinski definition) is 0. The van der Waals surface area contributed by atoms with Gasteiger partial charge in [0.25, 0.3) is 5.91 Å². The summed E-state index contributed by atoms with van der Waals surface area (Å²) in [5, 5.41) is 6.40. The van der Waals surface area contributed by atoms with E-state index in [-0.39, 0.29) is 5.91 Å². The van der Waals surface area contributed by atoms with Crippen molar-refractivity contribution in [3.63, 3.8) is 0 Å². The van der Waals surface area contributed by atoms with E-state index < -0.39 is 5.66 Å². The highest BCUT2D eigenvalue weighted by Crippen LogP contribution is 2.37. The molecule has 5 nitrogen and oxygen atoms in total. The molecule has 4 rings (SSSR count). The van der Waals surface area contributed by atoms with Crippen LogP contribution in [0.3, 0.4) is 0 Å². The maximum atomic E-state index is 13.8. The third-order valence-corrected chi connectivity index (χ3v) is 5.87. The Morgan fingerprint density at radius 2 is 1.36 bits per heavy atom. The van der Waals surface area contributed by atoms with Crippen molar-refractivity contribution in [3.05, 3.63) is 30.3 Å². The van der Waals surface area contributed by atoms with E-state index in [9.17, 15) is 4.79 Å². The maximum absolute atomic E-state index is 13.8. The number of anilines is 1. The van der Waals surface area contributed by atoms with Crippen LogP contribution >= 0.6 is 0 Å². The van der Waals surface area contributed by atoms with Crippen LogP contribution in [0.1, 0.15) is 45.4 Å². The van der Waals surface area contributed by atoms with Crippen molar-refractivity contribution >= 4 is 17.3 Å². The van der Waals surface area contributed by atoms with E-state index in [0.29, 0.717) is 0 Å². The lowest BCUT2D eigenvalue weighted by Gasteiger charge is -2.49. The Labute approximate surface area is 150 Å². The summed E-state index contributed by atoms with van der Waals surface area (Å²) < 4.78 is 0. The number of carbonyl (C=O) groups excluding carboxylic acids is 1. The fourth-order valence-electron chi connectivity index (χ4n) is 4.67. The summed E-state index contributed by atoms with van der Waals surface area (Å²) in [6.45, 7) is 5.98. The van der Waals surface area contributed by atoms with Crippen molar-refractivity contribution in [2.24, 2.45) is 5.10 Å². The molecule has 0 aliphatic carbocycles. The van der Waals surface area contributed by atoms with Crippen LogP contribution in [0.4, 0.5) is 5.69 Å². The van der Waals surface area contributed by atoms with Crippen LogP contribution < -0.4 is 5.01 Å². The van der Waals surface area contributed by atoms with E-state index in [2.05, 4.69) is 9.80 Å². The number of rotatable bonds is 3. The zero-order valence-corrected chi connectivity index (χ0v) is 15.2. The number of para-hydroxylation sites is 1. The van der Waals surface area contributed by atoms with E-state index in [1.165, 1.54) is 38.5 Å². The molecule has 5 heteroatoms. The Morgan fingerprint density at radius 3 is 1.88 bits per heavy atom. The largest absolute Gasteiger partial charge is 0.289 e. The number of piperidine rings is 2. The predicted molar refractivity (Wildman–Crippen MR) is 101 cm³/mol. The van der Waals surface area contributed by atoms with E-state index in [0.717, 1.165) is 37.6 Å². The molecule has 0 aromatic heterocycles.